The third-order valence-corrected chi connectivity index (χ3v) is 6.37. The van der Waals surface area contributed by atoms with Crippen molar-refractivity contribution in [2.45, 2.75) is 0 Å². The van der Waals surface area contributed by atoms with E-state index in [1.807, 2.05) is 10.8 Å². The van der Waals surface area contributed by atoms with Crippen molar-refractivity contribution < 1.29 is 0 Å². The molecule has 0 bridgehead atoms. The molecule has 0 aromatic rings. The Morgan fingerprint density at radius 2 is 2.50 bits per heavy atom. The lowest BCUT2D eigenvalue weighted by atomic mass is 11.3. The van der Waals surface area contributed by atoms with Crippen LogP contribution in [0, 0.1) is 0 Å². The summed E-state index contributed by atoms with van der Waals surface area (Å²) in [4.78, 5) is 0. The predicted molar refractivity (Wildman–Crippen MR) is 39.1 cm³/mol. The third-order valence-electron chi connectivity index (χ3n) is 0.329. The zero-order valence-corrected chi connectivity index (χ0v) is 6.05. The Labute approximate surface area is 51.2 Å². The normalized spacial score (nSPS) is 31.7. The number of hydrogen-bond donors (Lipinski definition) is 0. The van der Waals surface area contributed by atoms with Crippen molar-refractivity contribution in [1.82, 2.24) is 0 Å². The van der Waals surface area contributed by atoms with Crippen LogP contribution in [-0.4, -0.2) is 0 Å². The molecule has 34 valence electrons. The topological polar surface area (TPSA) is 0 Å². The quantitative estimate of drug-likeness (QED) is 0.489. The Bertz CT molecular complexity index is 93.7. The van der Waals surface area contributed by atoms with Crippen LogP contribution in [0.2, 0.25) is 0 Å². The molecule has 0 N–H and O–H groups in total. The van der Waals surface area contributed by atoms with E-state index in [1.165, 1.54) is 0 Å². The van der Waals surface area contributed by atoms with Gasteiger partial charge in [0, 0.05) is 0 Å². The maximum atomic E-state index is 4.89. The lowest BCUT2D eigenvalue weighted by Crippen LogP contribution is -1.53. The minimum Gasteiger partial charge on any atom is -0.0530 e. The SMILES string of the molecule is S=S1C=CSS1. The first-order valence-corrected chi connectivity index (χ1v) is 6.25. The van der Waals surface area contributed by atoms with Crippen LogP contribution >= 0.6 is 20.6 Å². The first-order chi connectivity index (χ1) is 2.89. The summed E-state index contributed by atoms with van der Waals surface area (Å²) < 4.78 is 0. The molecule has 0 aliphatic carbocycles. The van der Waals surface area contributed by atoms with Gasteiger partial charge in [-0.15, -0.1) is 0 Å². The van der Waals surface area contributed by atoms with Crippen LogP contribution < -0.4 is 0 Å². The van der Waals surface area contributed by atoms with Crippen molar-refractivity contribution in [3.05, 3.63) is 10.8 Å². The maximum Gasteiger partial charge on any atom is -0.00623 e. The van der Waals surface area contributed by atoms with Gasteiger partial charge in [-0.05, 0) is 40.3 Å². The summed E-state index contributed by atoms with van der Waals surface area (Å²) in [6.07, 6.45) is 0. The fourth-order valence-electron chi connectivity index (χ4n) is 0.152. The van der Waals surface area contributed by atoms with Gasteiger partial charge in [0.25, 0.3) is 0 Å². The number of hydrogen-bond acceptors (Lipinski definition) is 3. The van der Waals surface area contributed by atoms with E-state index in [0.29, 0.717) is 0 Å². The molecule has 0 spiro atoms. The third kappa shape index (κ3) is 1.26. The van der Waals surface area contributed by atoms with Crippen LogP contribution in [0.15, 0.2) is 10.8 Å². The molecule has 0 amide bonds. The average Bonchev–Trinajstić information content (AvgIpc) is 1.86. The van der Waals surface area contributed by atoms with Crippen LogP contribution in [0.1, 0.15) is 0 Å². The second-order valence-corrected chi connectivity index (χ2v) is 7.09. The van der Waals surface area contributed by atoms with Crippen LogP contribution in [0.3, 0.4) is 0 Å². The first-order valence-electron chi connectivity index (χ1n) is 1.30. The molecule has 1 atom stereocenters. The van der Waals surface area contributed by atoms with E-state index in [9.17, 15) is 0 Å². The molecule has 1 rings (SSSR count). The summed E-state index contributed by atoms with van der Waals surface area (Å²) in [7, 11) is 3.58. The van der Waals surface area contributed by atoms with Gasteiger partial charge < -0.3 is 0 Å². The summed E-state index contributed by atoms with van der Waals surface area (Å²) in [6.45, 7) is 0. The van der Waals surface area contributed by atoms with Crippen molar-refractivity contribution in [1.29, 1.82) is 0 Å². The monoisotopic (exact) mass is 154 g/mol. The largest absolute Gasteiger partial charge is 0.0530 e. The highest BCUT2D eigenvalue weighted by molar-refractivity contribution is 9.13. The fraction of sp³-hybridized carbons (Fsp3) is 0. The standard InChI is InChI=1S/C2H2S4/c3-6-2-1-4-5-6/h1-2H. The summed E-state index contributed by atoms with van der Waals surface area (Å²) in [5, 5.41) is 4.09. The van der Waals surface area contributed by atoms with Gasteiger partial charge in [0.15, 0.2) is 0 Å². The van der Waals surface area contributed by atoms with Gasteiger partial charge in [-0.1, -0.05) is 10.8 Å². The van der Waals surface area contributed by atoms with E-state index in [2.05, 4.69) is 0 Å². The summed E-state index contributed by atoms with van der Waals surface area (Å²) in [6, 6.07) is 0. The second kappa shape index (κ2) is 2.35. The summed E-state index contributed by atoms with van der Waals surface area (Å²) in [5.74, 6) is 0. The molecule has 0 saturated carbocycles. The molecule has 0 nitrogen and oxygen atoms in total. The van der Waals surface area contributed by atoms with E-state index >= 15 is 0 Å². The van der Waals surface area contributed by atoms with Crippen molar-refractivity contribution >= 4 is 40.3 Å². The van der Waals surface area contributed by atoms with Gasteiger partial charge in [-0.25, -0.2) is 0 Å². The molecular weight excluding hydrogens is 152 g/mol. The molecule has 0 saturated heterocycles. The molecule has 0 fully saturated rings. The number of rotatable bonds is 0. The van der Waals surface area contributed by atoms with E-state index in [4.69, 9.17) is 11.2 Å². The second-order valence-electron chi connectivity index (χ2n) is 0.697. The Morgan fingerprint density at radius 1 is 1.67 bits per heavy atom. The molecular formula is C2H2S4. The van der Waals surface area contributed by atoms with Gasteiger partial charge >= 0.3 is 0 Å². The summed E-state index contributed by atoms with van der Waals surface area (Å²) in [5.41, 5.74) is 0. The Balaban J connectivity index is 2.59. The molecule has 6 heavy (non-hydrogen) atoms. The molecule has 1 aliphatic heterocycles. The van der Waals surface area contributed by atoms with Crippen LogP contribution in [0.25, 0.3) is 0 Å². The van der Waals surface area contributed by atoms with Crippen molar-refractivity contribution in [2.24, 2.45) is 0 Å². The van der Waals surface area contributed by atoms with Crippen molar-refractivity contribution in [2.75, 3.05) is 0 Å². The smallest absolute Gasteiger partial charge is 0.00623 e. The van der Waals surface area contributed by atoms with E-state index < -0.39 is 0 Å². The molecule has 0 radical (unpaired) electrons. The Kier molecular flexibility index (Phi) is 2.02. The summed E-state index contributed by atoms with van der Waals surface area (Å²) >= 11 is 4.89. The highest BCUT2D eigenvalue weighted by Crippen LogP contribution is 2.33. The van der Waals surface area contributed by atoms with E-state index in [1.54, 1.807) is 20.6 Å². The molecule has 1 aliphatic rings. The van der Waals surface area contributed by atoms with Crippen molar-refractivity contribution in [3.8, 4) is 0 Å². The van der Waals surface area contributed by atoms with Crippen LogP contribution in [0.4, 0.5) is 0 Å². The highest BCUT2D eigenvalue weighted by Gasteiger charge is 1.94. The molecule has 0 aromatic heterocycles. The predicted octanol–water partition coefficient (Wildman–Crippen LogP) is 1.85. The van der Waals surface area contributed by atoms with Crippen LogP contribution in [0.5, 0.6) is 0 Å². The van der Waals surface area contributed by atoms with Crippen LogP contribution in [-0.2, 0) is 19.7 Å². The van der Waals surface area contributed by atoms with E-state index in [0.717, 1.165) is 0 Å². The van der Waals surface area contributed by atoms with Crippen molar-refractivity contribution in [3.63, 3.8) is 0 Å². The Hall–Kier alpha value is 1.01. The minimum absolute atomic E-state index is 0.110. The highest BCUT2D eigenvalue weighted by atomic mass is 33.6. The molecule has 1 unspecified atom stereocenters. The van der Waals surface area contributed by atoms with Gasteiger partial charge in [-0.3, -0.25) is 0 Å². The van der Waals surface area contributed by atoms with E-state index in [-0.39, 0.29) is 8.49 Å². The fourth-order valence-corrected chi connectivity index (χ4v) is 4.97. The maximum absolute atomic E-state index is 4.89. The molecule has 1 heterocycles. The zero-order chi connectivity index (χ0) is 4.41. The lowest BCUT2D eigenvalue weighted by molar-refractivity contribution is 2.60. The average molecular weight is 154 g/mol. The van der Waals surface area contributed by atoms with Gasteiger partial charge in [-0.2, -0.15) is 0 Å². The van der Waals surface area contributed by atoms with Gasteiger partial charge in [0.2, 0.25) is 0 Å². The first kappa shape index (κ1) is 5.15. The van der Waals surface area contributed by atoms with Gasteiger partial charge in [0.05, 0.1) is 0 Å². The lowest BCUT2D eigenvalue weighted by Gasteiger charge is -1.76. The van der Waals surface area contributed by atoms with Gasteiger partial charge in [0.1, 0.15) is 0 Å². The molecule has 4 heteroatoms. The Morgan fingerprint density at radius 3 is 2.67 bits per heavy atom. The zero-order valence-electron chi connectivity index (χ0n) is 2.79. The molecule has 0 aromatic carbocycles. The minimum atomic E-state index is 0.110.